The van der Waals surface area contributed by atoms with Gasteiger partial charge < -0.3 is 4.74 Å². The van der Waals surface area contributed by atoms with E-state index in [4.69, 9.17) is 4.74 Å². The van der Waals surface area contributed by atoms with Gasteiger partial charge in [-0.3, -0.25) is 4.79 Å². The van der Waals surface area contributed by atoms with E-state index in [0.717, 1.165) is 17.4 Å². The van der Waals surface area contributed by atoms with Gasteiger partial charge in [0.15, 0.2) is 0 Å². The highest BCUT2D eigenvalue weighted by Crippen LogP contribution is 2.06. The minimum absolute atomic E-state index is 0.242. The highest BCUT2D eigenvalue weighted by atomic mass is 32.2. The molecule has 0 spiro atoms. The van der Waals surface area contributed by atoms with Crippen LogP contribution < -0.4 is 4.72 Å². The molecule has 6 heteroatoms. The summed E-state index contributed by atoms with van der Waals surface area (Å²) in [6.45, 7) is 2.53. The smallest absolute Gasteiger partial charge is 0.310 e. The Hall–Kier alpha value is -1.40. The summed E-state index contributed by atoms with van der Waals surface area (Å²) in [7, 11) is -3.14. The number of carbonyl (C=O) groups is 1. The third-order valence-electron chi connectivity index (χ3n) is 2.45. The van der Waals surface area contributed by atoms with E-state index in [1.165, 1.54) is 0 Å². The lowest BCUT2D eigenvalue weighted by Gasteiger charge is -2.05. The molecular weight excluding hydrogens is 266 g/mol. The predicted molar refractivity (Wildman–Crippen MR) is 73.3 cm³/mol. The van der Waals surface area contributed by atoms with E-state index >= 15 is 0 Å². The fourth-order valence-electron chi connectivity index (χ4n) is 1.58. The van der Waals surface area contributed by atoms with E-state index in [-0.39, 0.29) is 12.4 Å². The van der Waals surface area contributed by atoms with Gasteiger partial charge in [-0.05, 0) is 24.5 Å². The van der Waals surface area contributed by atoms with Gasteiger partial charge in [-0.25, -0.2) is 13.1 Å². The molecule has 0 unspecified atom stereocenters. The predicted octanol–water partition coefficient (Wildman–Crippen LogP) is 0.884. The Bertz CT molecular complexity index is 508. The van der Waals surface area contributed by atoms with Crippen LogP contribution in [-0.2, 0) is 32.4 Å². The summed E-state index contributed by atoms with van der Waals surface area (Å²) in [5, 5.41) is 0. The first-order valence-corrected chi connectivity index (χ1v) is 7.98. The van der Waals surface area contributed by atoms with Crippen LogP contribution in [-0.4, -0.2) is 33.8 Å². The molecule has 0 heterocycles. The van der Waals surface area contributed by atoms with Crippen molar-refractivity contribution >= 4 is 16.0 Å². The standard InChI is InChI=1S/C13H19NO4S/c1-3-18-13(15)10-12-6-4-11(5-7-12)8-9-14-19(2,16)17/h4-7,14H,3,8-10H2,1-2H3. The second-order valence-corrected chi connectivity index (χ2v) is 6.05. The quantitative estimate of drug-likeness (QED) is 0.755. The first-order valence-electron chi connectivity index (χ1n) is 6.09. The first-order chi connectivity index (χ1) is 8.90. The van der Waals surface area contributed by atoms with Gasteiger partial charge in [-0.1, -0.05) is 24.3 Å². The largest absolute Gasteiger partial charge is 0.466 e. The molecule has 1 N–H and O–H groups in total. The number of sulfonamides is 1. The summed E-state index contributed by atoms with van der Waals surface area (Å²) in [4.78, 5) is 11.3. The summed E-state index contributed by atoms with van der Waals surface area (Å²) in [6.07, 6.45) is 2.01. The van der Waals surface area contributed by atoms with Crippen molar-refractivity contribution in [3.8, 4) is 0 Å². The Labute approximate surface area is 114 Å². The van der Waals surface area contributed by atoms with E-state index < -0.39 is 10.0 Å². The van der Waals surface area contributed by atoms with Crippen LogP contribution in [0.25, 0.3) is 0 Å². The molecule has 0 aliphatic rings. The van der Waals surface area contributed by atoms with E-state index in [9.17, 15) is 13.2 Å². The van der Waals surface area contributed by atoms with Crippen molar-refractivity contribution in [3.63, 3.8) is 0 Å². The monoisotopic (exact) mass is 285 g/mol. The SMILES string of the molecule is CCOC(=O)Cc1ccc(CCNS(C)(=O)=O)cc1. The lowest BCUT2D eigenvalue weighted by atomic mass is 10.1. The molecule has 0 radical (unpaired) electrons. The molecule has 0 saturated carbocycles. The van der Waals surface area contributed by atoms with Crippen molar-refractivity contribution < 1.29 is 17.9 Å². The molecule has 0 aromatic heterocycles. The van der Waals surface area contributed by atoms with Crippen molar-refractivity contribution in [2.24, 2.45) is 0 Å². The van der Waals surface area contributed by atoms with Crippen LogP contribution >= 0.6 is 0 Å². The van der Waals surface area contributed by atoms with E-state index in [1.807, 2.05) is 24.3 Å². The van der Waals surface area contributed by atoms with Crippen molar-refractivity contribution in [3.05, 3.63) is 35.4 Å². The Balaban J connectivity index is 2.45. The molecule has 0 aliphatic heterocycles. The number of benzene rings is 1. The summed E-state index contributed by atoms with van der Waals surface area (Å²) >= 11 is 0. The molecule has 1 rings (SSSR count). The molecule has 0 amide bonds. The van der Waals surface area contributed by atoms with Crippen LogP contribution in [0, 0.1) is 0 Å². The Morgan fingerprint density at radius 1 is 1.21 bits per heavy atom. The molecule has 1 aromatic carbocycles. The Morgan fingerprint density at radius 2 is 1.79 bits per heavy atom. The van der Waals surface area contributed by atoms with Crippen molar-refractivity contribution in [2.45, 2.75) is 19.8 Å². The second kappa shape index (κ2) is 7.25. The van der Waals surface area contributed by atoms with Gasteiger partial charge in [-0.2, -0.15) is 0 Å². The normalized spacial score (nSPS) is 11.3. The molecule has 0 atom stereocenters. The number of nitrogens with one attached hydrogen (secondary N) is 1. The first kappa shape index (κ1) is 15.7. The zero-order valence-corrected chi connectivity index (χ0v) is 12.0. The number of hydrogen-bond donors (Lipinski definition) is 1. The molecule has 5 nitrogen and oxygen atoms in total. The summed E-state index contributed by atoms with van der Waals surface area (Å²) in [5.74, 6) is -0.242. The van der Waals surface area contributed by atoms with Gasteiger partial charge >= 0.3 is 5.97 Å². The van der Waals surface area contributed by atoms with E-state index in [2.05, 4.69) is 4.72 Å². The molecule has 0 aliphatic carbocycles. The summed E-state index contributed by atoms with van der Waals surface area (Å²) < 4.78 is 29.1. The number of hydrogen-bond acceptors (Lipinski definition) is 4. The number of rotatable bonds is 7. The maximum Gasteiger partial charge on any atom is 0.310 e. The average Bonchev–Trinajstić information content (AvgIpc) is 2.30. The van der Waals surface area contributed by atoms with Gasteiger partial charge in [0.05, 0.1) is 19.3 Å². The lowest BCUT2D eigenvalue weighted by Crippen LogP contribution is -2.24. The molecule has 0 saturated heterocycles. The third kappa shape index (κ3) is 6.93. The molecule has 0 fully saturated rings. The van der Waals surface area contributed by atoms with Crippen molar-refractivity contribution in [1.82, 2.24) is 4.72 Å². The second-order valence-electron chi connectivity index (χ2n) is 4.21. The van der Waals surface area contributed by atoms with Gasteiger partial charge in [0.1, 0.15) is 0 Å². The van der Waals surface area contributed by atoms with Crippen LogP contribution in [0.1, 0.15) is 18.1 Å². The maximum atomic E-state index is 11.3. The van der Waals surface area contributed by atoms with Gasteiger partial charge in [0, 0.05) is 6.54 Å². The van der Waals surface area contributed by atoms with Gasteiger partial charge in [0.2, 0.25) is 10.0 Å². The Morgan fingerprint density at radius 3 is 2.32 bits per heavy atom. The minimum Gasteiger partial charge on any atom is -0.466 e. The molecule has 1 aromatic rings. The zero-order valence-electron chi connectivity index (χ0n) is 11.2. The lowest BCUT2D eigenvalue weighted by molar-refractivity contribution is -0.142. The Kier molecular flexibility index (Phi) is 5.98. The highest BCUT2D eigenvalue weighted by molar-refractivity contribution is 7.88. The highest BCUT2D eigenvalue weighted by Gasteiger charge is 2.04. The van der Waals surface area contributed by atoms with Crippen LogP contribution in [0.15, 0.2) is 24.3 Å². The fraction of sp³-hybridized carbons (Fsp3) is 0.462. The average molecular weight is 285 g/mol. The fourth-order valence-corrected chi connectivity index (χ4v) is 2.06. The number of carbonyl (C=O) groups excluding carboxylic acids is 1. The molecule has 19 heavy (non-hydrogen) atoms. The minimum atomic E-state index is -3.14. The van der Waals surface area contributed by atoms with E-state index in [1.54, 1.807) is 6.92 Å². The van der Waals surface area contributed by atoms with Crippen LogP contribution in [0.3, 0.4) is 0 Å². The number of ether oxygens (including phenoxy) is 1. The molecular formula is C13H19NO4S. The summed E-state index contributed by atoms with van der Waals surface area (Å²) in [6, 6.07) is 7.48. The van der Waals surface area contributed by atoms with Crippen molar-refractivity contribution in [2.75, 3.05) is 19.4 Å². The summed E-state index contributed by atoms with van der Waals surface area (Å²) in [5.41, 5.74) is 1.90. The third-order valence-corrected chi connectivity index (χ3v) is 3.18. The molecule has 106 valence electrons. The maximum absolute atomic E-state index is 11.3. The number of esters is 1. The van der Waals surface area contributed by atoms with Crippen LogP contribution in [0.5, 0.6) is 0 Å². The zero-order chi connectivity index (χ0) is 14.3. The van der Waals surface area contributed by atoms with Gasteiger partial charge in [-0.15, -0.1) is 0 Å². The molecule has 0 bridgehead atoms. The van der Waals surface area contributed by atoms with E-state index in [0.29, 0.717) is 19.6 Å². The van der Waals surface area contributed by atoms with Gasteiger partial charge in [0.25, 0.3) is 0 Å². The van der Waals surface area contributed by atoms with Crippen LogP contribution in [0.4, 0.5) is 0 Å². The topological polar surface area (TPSA) is 72.5 Å². The van der Waals surface area contributed by atoms with Crippen molar-refractivity contribution in [1.29, 1.82) is 0 Å². The van der Waals surface area contributed by atoms with Crippen LogP contribution in [0.2, 0.25) is 0 Å².